The molecule has 0 saturated heterocycles. The van der Waals surface area contributed by atoms with Gasteiger partial charge in [0.25, 0.3) is 0 Å². The van der Waals surface area contributed by atoms with E-state index in [1.54, 1.807) is 50.5 Å². The highest BCUT2D eigenvalue weighted by Gasteiger charge is 2.36. The molecule has 0 bridgehead atoms. The highest BCUT2D eigenvalue weighted by Crippen LogP contribution is 2.21. The lowest BCUT2D eigenvalue weighted by Gasteiger charge is -2.28. The molecule has 0 aliphatic carbocycles. The molecule has 2 heterocycles. The molecule has 2 aromatic heterocycles. The number of rotatable bonds is 36. The van der Waals surface area contributed by atoms with Gasteiger partial charge in [-0.3, -0.25) is 58.1 Å². The molecular formula is C55H83N21O11. The molecule has 0 aliphatic heterocycles. The topological polar surface area (TPSA) is 564 Å². The summed E-state index contributed by atoms with van der Waals surface area (Å²) in [6.07, 6.45) is 2.42. The number of nitrogens with two attached hydrogens (primary N) is 8. The Kier molecular flexibility index (Phi) is 27.2. The zero-order chi connectivity index (χ0) is 64.5. The lowest BCUT2D eigenvalue weighted by Crippen LogP contribution is -2.60. The summed E-state index contributed by atoms with van der Waals surface area (Å²) >= 11 is 0. The van der Waals surface area contributed by atoms with Crippen molar-refractivity contribution in [2.45, 2.75) is 140 Å². The van der Waals surface area contributed by atoms with Gasteiger partial charge in [0.1, 0.15) is 48.3 Å². The van der Waals surface area contributed by atoms with Gasteiger partial charge in [0.15, 0.2) is 17.9 Å². The Morgan fingerprint density at radius 2 is 0.816 bits per heavy atom. The Morgan fingerprint density at radius 1 is 0.460 bits per heavy atom. The predicted octanol–water partition coefficient (Wildman–Crippen LogP) is -4.54. The smallest absolute Gasteiger partial charge is 0.326 e. The van der Waals surface area contributed by atoms with Crippen molar-refractivity contribution in [1.82, 2.24) is 52.5 Å². The number of primary amides is 1. The standard InChI is InChI=1S/C55H83N21O11/c1-27(2)43(51(85)75-41(52(86)87)24-42(57)77)76-48(82)38(18-11-21-66-55(62)63)70-45(79)29(4)69-46(80)36(16-9-19-64-53(58)59)71-50(84)40(23-31-26-68-35-15-8-6-13-33(31)35)74-47(81)37(17-10-20-65-54(60)61)72-49(83)39(73-44(78)28(3)56)22-30-25-67-34-14-7-5-12-32(30)34/h5-8,12-15,25-29,36-41,43,67-68H,9-11,16-24,56H2,1-4H3,(H2,57,77)(H,69,80)(H,70,79)(H,71,84)(H,72,83)(H,73,78)(H,74,81)(H,75,85)(H,76,82)(H,86,87)(H4,58,59,64)(H4,60,61,65)(H4,62,63,66)/t28-,29-,36-,37-,38-,39-,40-,41-,43-/m0/s1. The first-order chi connectivity index (χ1) is 41.1. The summed E-state index contributed by atoms with van der Waals surface area (Å²) < 4.78 is 0. The lowest BCUT2D eigenvalue weighted by atomic mass is 10.0. The fraction of sp³-hybridized carbons (Fsp3) is 0.473. The predicted molar refractivity (Wildman–Crippen MR) is 325 cm³/mol. The fourth-order valence-corrected chi connectivity index (χ4v) is 9.02. The summed E-state index contributed by atoms with van der Waals surface area (Å²) in [5, 5.41) is 31.9. The number of carboxylic acid groups (broad SMARTS) is 1. The number of nitrogens with zero attached hydrogens (tertiary/aromatic N) is 3. The molecule has 32 nitrogen and oxygen atoms in total. The second kappa shape index (κ2) is 34.1. The number of aliphatic carboxylic acids is 1. The first-order valence-corrected chi connectivity index (χ1v) is 28.1. The molecule has 27 N–H and O–H groups in total. The van der Waals surface area contributed by atoms with Crippen molar-refractivity contribution in [3.63, 3.8) is 0 Å². The minimum Gasteiger partial charge on any atom is -0.480 e. The van der Waals surface area contributed by atoms with E-state index in [1.807, 2.05) is 24.3 Å². The van der Waals surface area contributed by atoms with E-state index in [4.69, 9.17) is 45.9 Å². The number of nitrogens with one attached hydrogen (secondary N) is 10. The van der Waals surface area contributed by atoms with Crippen molar-refractivity contribution in [2.75, 3.05) is 19.6 Å². The van der Waals surface area contributed by atoms with Gasteiger partial charge in [-0.05, 0) is 81.5 Å². The quantitative estimate of drug-likeness (QED) is 0.0116. The van der Waals surface area contributed by atoms with Crippen LogP contribution in [0.5, 0.6) is 0 Å². The van der Waals surface area contributed by atoms with Gasteiger partial charge >= 0.3 is 5.97 Å². The van der Waals surface area contributed by atoms with E-state index >= 15 is 0 Å². The third-order valence-electron chi connectivity index (χ3n) is 13.6. The van der Waals surface area contributed by atoms with Crippen LogP contribution in [0.4, 0.5) is 0 Å². The molecule has 9 atom stereocenters. The third-order valence-corrected chi connectivity index (χ3v) is 13.6. The second-order valence-corrected chi connectivity index (χ2v) is 21.1. The van der Waals surface area contributed by atoms with Crippen molar-refractivity contribution in [3.05, 3.63) is 72.1 Å². The van der Waals surface area contributed by atoms with Gasteiger partial charge in [0.2, 0.25) is 53.2 Å². The number of carbonyl (C=O) groups excluding carboxylic acids is 9. The SMILES string of the molecule is CC(C)[C@H](NC(=O)[C@H](CCCN=C(N)N)NC(=O)[C@H](C)NC(=O)[C@H](CCCN=C(N)N)NC(=O)[C@H](Cc1c[nH]c2ccccc12)NC(=O)[C@H](CCCN=C(N)N)NC(=O)[C@H](Cc1c[nH]c2ccccc12)NC(=O)[C@H](C)N)C(=O)N[C@@H](CC(N)=O)C(=O)O. The average molecular weight is 1210 g/mol. The molecule has 474 valence electrons. The molecular weight excluding hydrogens is 1130 g/mol. The number of hydrogen-bond donors (Lipinski definition) is 19. The number of guanidine groups is 3. The molecule has 2 aromatic carbocycles. The molecule has 9 amide bonds. The lowest BCUT2D eigenvalue weighted by molar-refractivity contribution is -0.144. The van der Waals surface area contributed by atoms with Gasteiger partial charge in [0.05, 0.1) is 12.5 Å². The van der Waals surface area contributed by atoms with Crippen LogP contribution in [0.15, 0.2) is 75.9 Å². The van der Waals surface area contributed by atoms with Gasteiger partial charge in [-0.1, -0.05) is 50.2 Å². The van der Waals surface area contributed by atoms with Crippen LogP contribution in [-0.4, -0.2) is 166 Å². The fourth-order valence-electron chi connectivity index (χ4n) is 9.02. The van der Waals surface area contributed by atoms with Gasteiger partial charge in [0, 0.05) is 66.7 Å². The summed E-state index contributed by atoms with van der Waals surface area (Å²) in [4.78, 5) is 154. The summed E-state index contributed by atoms with van der Waals surface area (Å²) in [5.41, 5.74) is 47.1. The second-order valence-electron chi connectivity index (χ2n) is 21.1. The Balaban J connectivity index is 1.66. The van der Waals surface area contributed by atoms with Crippen molar-refractivity contribution < 1.29 is 53.1 Å². The van der Waals surface area contributed by atoms with Crippen LogP contribution in [0, 0.1) is 5.92 Å². The third kappa shape index (κ3) is 22.8. The summed E-state index contributed by atoms with van der Waals surface area (Å²) in [5.74, 6) is -10.8. The largest absolute Gasteiger partial charge is 0.480 e. The number of H-pyrrole nitrogens is 2. The molecule has 0 radical (unpaired) electrons. The van der Waals surface area contributed by atoms with E-state index in [0.29, 0.717) is 22.0 Å². The highest BCUT2D eigenvalue weighted by atomic mass is 16.4. The number of aromatic amines is 2. The molecule has 32 heteroatoms. The Morgan fingerprint density at radius 3 is 1.21 bits per heavy atom. The van der Waals surface area contributed by atoms with E-state index < -0.39 is 126 Å². The number of fused-ring (bicyclic) bond motifs is 2. The number of carbonyl (C=O) groups is 10. The molecule has 0 saturated carbocycles. The Hall–Kier alpha value is -10.0. The number of amides is 9. The number of hydrogen-bond acceptors (Lipinski definition) is 14. The minimum absolute atomic E-state index is 0.00511. The van der Waals surface area contributed by atoms with Crippen molar-refractivity contribution in [1.29, 1.82) is 0 Å². The summed E-state index contributed by atoms with van der Waals surface area (Å²) in [7, 11) is 0. The number of carboxylic acids is 1. The van der Waals surface area contributed by atoms with Gasteiger partial charge in [-0.15, -0.1) is 0 Å². The summed E-state index contributed by atoms with van der Waals surface area (Å²) in [6, 6.07) is 1.97. The maximum Gasteiger partial charge on any atom is 0.326 e. The van der Waals surface area contributed by atoms with Crippen LogP contribution in [-0.2, 0) is 60.8 Å². The Labute approximate surface area is 501 Å². The molecule has 4 rings (SSSR count). The maximum atomic E-state index is 14.9. The van der Waals surface area contributed by atoms with Crippen molar-refractivity contribution in [2.24, 2.45) is 66.8 Å². The van der Waals surface area contributed by atoms with Crippen LogP contribution >= 0.6 is 0 Å². The van der Waals surface area contributed by atoms with Gasteiger partial charge in [-0.2, -0.15) is 0 Å². The van der Waals surface area contributed by atoms with Crippen LogP contribution < -0.4 is 88.4 Å². The first-order valence-electron chi connectivity index (χ1n) is 28.1. The number of aliphatic imine (C=N–C) groups is 3. The van der Waals surface area contributed by atoms with Crippen molar-refractivity contribution in [3.8, 4) is 0 Å². The van der Waals surface area contributed by atoms with E-state index in [2.05, 4.69) is 67.5 Å². The monoisotopic (exact) mass is 1210 g/mol. The molecule has 0 aliphatic rings. The van der Waals surface area contributed by atoms with E-state index in [1.165, 1.54) is 13.8 Å². The number of para-hydroxylation sites is 2. The molecule has 87 heavy (non-hydrogen) atoms. The summed E-state index contributed by atoms with van der Waals surface area (Å²) in [6.45, 7) is 5.89. The first kappa shape index (κ1) is 69.5. The van der Waals surface area contributed by atoms with Crippen molar-refractivity contribution >= 4 is 98.8 Å². The number of aromatic nitrogens is 2. The number of benzene rings is 2. The normalized spacial score (nSPS) is 14.2. The Bertz CT molecular complexity index is 3140. The molecule has 0 unspecified atom stereocenters. The van der Waals surface area contributed by atoms with E-state index in [0.717, 1.165) is 10.9 Å². The molecule has 0 spiro atoms. The van der Waals surface area contributed by atoms with E-state index in [9.17, 15) is 53.1 Å². The average Bonchev–Trinajstić information content (AvgIpc) is 4.22. The zero-order valence-corrected chi connectivity index (χ0v) is 49.0. The van der Waals surface area contributed by atoms with Crippen LogP contribution in [0.1, 0.15) is 83.8 Å². The molecule has 4 aromatic rings. The van der Waals surface area contributed by atoms with Gasteiger partial charge < -0.3 is 103 Å². The zero-order valence-electron chi connectivity index (χ0n) is 49.0. The van der Waals surface area contributed by atoms with Crippen LogP contribution in [0.2, 0.25) is 0 Å². The van der Waals surface area contributed by atoms with Crippen LogP contribution in [0.25, 0.3) is 21.8 Å². The van der Waals surface area contributed by atoms with Gasteiger partial charge in [-0.25, -0.2) is 4.79 Å². The van der Waals surface area contributed by atoms with Crippen LogP contribution in [0.3, 0.4) is 0 Å². The van der Waals surface area contributed by atoms with E-state index in [-0.39, 0.29) is 88.9 Å². The minimum atomic E-state index is -1.72. The maximum absolute atomic E-state index is 14.9. The highest BCUT2D eigenvalue weighted by molar-refractivity contribution is 5.99. The molecule has 0 fully saturated rings.